The van der Waals surface area contributed by atoms with Crippen molar-refractivity contribution in [2.75, 3.05) is 0 Å². The first-order valence-corrected chi connectivity index (χ1v) is 12.9. The SMILES string of the molecule is O=C(c1ccccc1Cl)N1N=C2/C(=C/c3ccc(Br)cc3)CCC[C@@H]2[C@H]1c1ccc(Br)cc1. The molecule has 0 spiro atoms. The fourth-order valence-corrected chi connectivity index (χ4v) is 5.42. The topological polar surface area (TPSA) is 32.7 Å². The number of hydrazone groups is 1. The minimum Gasteiger partial charge on any atom is -0.267 e. The van der Waals surface area contributed by atoms with Gasteiger partial charge in [-0.15, -0.1) is 0 Å². The Bertz CT molecular complexity index is 1250. The quantitative estimate of drug-likeness (QED) is 0.305. The lowest BCUT2D eigenvalue weighted by molar-refractivity contribution is 0.0681. The summed E-state index contributed by atoms with van der Waals surface area (Å²) in [4.78, 5) is 13.7. The number of carbonyl (C=O) groups excluding carboxylic acids is 1. The average molecular weight is 585 g/mol. The van der Waals surface area contributed by atoms with Crippen molar-refractivity contribution in [2.45, 2.75) is 25.3 Å². The Hall–Kier alpha value is -2.21. The molecule has 3 aromatic rings. The molecule has 1 aliphatic heterocycles. The van der Waals surface area contributed by atoms with Gasteiger partial charge in [-0.05, 0) is 78.4 Å². The van der Waals surface area contributed by atoms with Gasteiger partial charge in [0.25, 0.3) is 5.91 Å². The number of benzene rings is 3. The number of amides is 1. The van der Waals surface area contributed by atoms with E-state index in [4.69, 9.17) is 16.7 Å². The van der Waals surface area contributed by atoms with Crippen molar-refractivity contribution in [1.82, 2.24) is 5.01 Å². The van der Waals surface area contributed by atoms with Crippen molar-refractivity contribution in [2.24, 2.45) is 11.0 Å². The van der Waals surface area contributed by atoms with Crippen LogP contribution in [0.4, 0.5) is 0 Å². The van der Waals surface area contributed by atoms with Gasteiger partial charge in [0.2, 0.25) is 0 Å². The van der Waals surface area contributed by atoms with E-state index in [0.29, 0.717) is 10.6 Å². The first kappa shape index (κ1) is 22.6. The number of allylic oxidation sites excluding steroid dienone is 1. The van der Waals surface area contributed by atoms with Gasteiger partial charge >= 0.3 is 0 Å². The van der Waals surface area contributed by atoms with Crippen molar-refractivity contribution in [3.8, 4) is 0 Å². The van der Waals surface area contributed by atoms with E-state index in [1.807, 2.05) is 36.4 Å². The normalized spacial score (nSPS) is 21.1. The predicted molar refractivity (Wildman–Crippen MR) is 141 cm³/mol. The summed E-state index contributed by atoms with van der Waals surface area (Å²) in [5, 5.41) is 7.06. The molecule has 33 heavy (non-hydrogen) atoms. The number of nitrogens with zero attached hydrogens (tertiary/aromatic N) is 2. The van der Waals surface area contributed by atoms with Gasteiger partial charge in [-0.1, -0.05) is 79.9 Å². The van der Waals surface area contributed by atoms with Crippen molar-refractivity contribution in [3.05, 3.63) is 109 Å². The van der Waals surface area contributed by atoms with Crippen molar-refractivity contribution < 1.29 is 4.79 Å². The highest BCUT2D eigenvalue weighted by atomic mass is 79.9. The summed E-state index contributed by atoms with van der Waals surface area (Å²) in [7, 11) is 0. The first-order valence-electron chi connectivity index (χ1n) is 10.9. The predicted octanol–water partition coefficient (Wildman–Crippen LogP) is 8.30. The Morgan fingerprint density at radius 3 is 2.33 bits per heavy atom. The van der Waals surface area contributed by atoms with Gasteiger partial charge in [0, 0.05) is 14.9 Å². The van der Waals surface area contributed by atoms with E-state index in [1.54, 1.807) is 17.1 Å². The molecule has 0 bridgehead atoms. The van der Waals surface area contributed by atoms with Gasteiger partial charge in [-0.25, -0.2) is 5.01 Å². The summed E-state index contributed by atoms with van der Waals surface area (Å²) in [5.74, 6) is -0.0218. The summed E-state index contributed by atoms with van der Waals surface area (Å²) >= 11 is 13.4. The van der Waals surface area contributed by atoms with Crippen LogP contribution in [-0.2, 0) is 0 Å². The highest BCUT2D eigenvalue weighted by Gasteiger charge is 2.44. The molecule has 1 amide bonds. The van der Waals surface area contributed by atoms with Gasteiger partial charge in [0.05, 0.1) is 22.3 Å². The van der Waals surface area contributed by atoms with Crippen molar-refractivity contribution in [1.29, 1.82) is 0 Å². The molecular weight excluding hydrogens is 564 g/mol. The zero-order valence-electron chi connectivity index (χ0n) is 17.7. The van der Waals surface area contributed by atoms with Crippen LogP contribution in [0.15, 0.2) is 92.4 Å². The molecule has 3 nitrogen and oxygen atoms in total. The Morgan fingerprint density at radius 1 is 0.970 bits per heavy atom. The Balaban J connectivity index is 1.59. The van der Waals surface area contributed by atoms with E-state index in [0.717, 1.165) is 45.0 Å². The number of rotatable bonds is 3. The second kappa shape index (κ2) is 9.57. The molecule has 0 unspecified atom stereocenters. The summed E-state index contributed by atoms with van der Waals surface area (Å²) in [5.41, 5.74) is 4.89. The average Bonchev–Trinajstić information content (AvgIpc) is 3.22. The van der Waals surface area contributed by atoms with Crippen LogP contribution in [0.3, 0.4) is 0 Å². The molecule has 0 saturated heterocycles. The Labute approximate surface area is 215 Å². The first-order chi connectivity index (χ1) is 16.0. The fourth-order valence-electron chi connectivity index (χ4n) is 4.68. The summed E-state index contributed by atoms with van der Waals surface area (Å²) in [6.45, 7) is 0. The number of fused-ring (bicyclic) bond motifs is 1. The molecule has 2 atom stereocenters. The third kappa shape index (κ3) is 4.59. The standard InChI is InChI=1S/C27H21Br2ClN2O/c28-20-12-8-17(9-13-20)16-19-4-3-6-23-25(19)31-32(26(23)18-10-14-21(29)15-11-18)27(33)22-5-1-2-7-24(22)30/h1-2,5,7-16,23,26H,3-4,6H2/b19-16+/t23-,26+/m0/s1. The molecule has 1 saturated carbocycles. The van der Waals surface area contributed by atoms with Gasteiger partial charge in [0.1, 0.15) is 0 Å². The smallest absolute Gasteiger partial charge is 0.267 e. The summed E-state index contributed by atoms with van der Waals surface area (Å²) in [6.07, 6.45) is 5.21. The number of halogens is 3. The minimum atomic E-state index is -0.168. The van der Waals surface area contributed by atoms with Gasteiger partial charge in [-0.2, -0.15) is 5.10 Å². The lowest BCUT2D eigenvalue weighted by atomic mass is 9.77. The zero-order valence-corrected chi connectivity index (χ0v) is 21.6. The van der Waals surface area contributed by atoms with E-state index in [1.165, 1.54) is 5.57 Å². The fraction of sp³-hybridized carbons (Fsp3) is 0.185. The van der Waals surface area contributed by atoms with Gasteiger partial charge in [0.15, 0.2) is 0 Å². The molecule has 1 aliphatic carbocycles. The van der Waals surface area contributed by atoms with E-state index in [9.17, 15) is 4.79 Å². The Morgan fingerprint density at radius 2 is 1.64 bits per heavy atom. The zero-order chi connectivity index (χ0) is 22.9. The maximum atomic E-state index is 13.7. The molecule has 0 radical (unpaired) electrons. The molecular formula is C27H21Br2ClN2O. The maximum Gasteiger partial charge on any atom is 0.276 e. The largest absolute Gasteiger partial charge is 0.276 e. The van der Waals surface area contributed by atoms with Crippen LogP contribution >= 0.6 is 43.5 Å². The second-order valence-electron chi connectivity index (χ2n) is 8.33. The van der Waals surface area contributed by atoms with Crippen LogP contribution in [0, 0.1) is 5.92 Å². The molecule has 0 N–H and O–H groups in total. The molecule has 3 aromatic carbocycles. The van der Waals surface area contributed by atoms with Crippen LogP contribution < -0.4 is 0 Å². The van der Waals surface area contributed by atoms with Crippen molar-refractivity contribution in [3.63, 3.8) is 0 Å². The molecule has 0 aromatic heterocycles. The highest BCUT2D eigenvalue weighted by Crippen LogP contribution is 2.45. The van der Waals surface area contributed by atoms with Crippen LogP contribution in [0.1, 0.15) is 46.8 Å². The molecule has 1 fully saturated rings. The highest BCUT2D eigenvalue weighted by molar-refractivity contribution is 9.10. The summed E-state index contributed by atoms with van der Waals surface area (Å²) < 4.78 is 2.06. The number of carbonyl (C=O) groups is 1. The lowest BCUT2D eigenvalue weighted by Gasteiger charge is -2.30. The number of hydrogen-bond donors (Lipinski definition) is 0. The second-order valence-corrected chi connectivity index (χ2v) is 10.6. The molecule has 5 rings (SSSR count). The third-order valence-corrected chi connectivity index (χ3v) is 7.62. The van der Waals surface area contributed by atoms with Crippen LogP contribution in [0.2, 0.25) is 5.02 Å². The van der Waals surface area contributed by atoms with E-state index in [-0.39, 0.29) is 17.9 Å². The number of hydrogen-bond acceptors (Lipinski definition) is 2. The maximum absolute atomic E-state index is 13.7. The molecule has 6 heteroatoms. The van der Waals surface area contributed by atoms with Gasteiger partial charge in [-0.3, -0.25) is 4.79 Å². The lowest BCUT2D eigenvalue weighted by Crippen LogP contribution is -2.32. The van der Waals surface area contributed by atoms with E-state index >= 15 is 0 Å². The summed E-state index contributed by atoms with van der Waals surface area (Å²) in [6, 6.07) is 23.5. The Kier molecular flexibility index (Phi) is 6.55. The molecule has 166 valence electrons. The van der Waals surface area contributed by atoms with Crippen LogP contribution in [0.5, 0.6) is 0 Å². The molecule has 1 heterocycles. The van der Waals surface area contributed by atoms with Crippen molar-refractivity contribution >= 4 is 61.2 Å². The minimum absolute atomic E-state index is 0.146. The van der Waals surface area contributed by atoms with E-state index < -0.39 is 0 Å². The third-order valence-electron chi connectivity index (χ3n) is 6.24. The molecule has 2 aliphatic rings. The van der Waals surface area contributed by atoms with Gasteiger partial charge < -0.3 is 0 Å². The van der Waals surface area contributed by atoms with Crippen LogP contribution in [-0.4, -0.2) is 16.6 Å². The van der Waals surface area contributed by atoms with Crippen LogP contribution in [0.25, 0.3) is 6.08 Å². The monoisotopic (exact) mass is 582 g/mol. The van der Waals surface area contributed by atoms with E-state index in [2.05, 4.69) is 62.2 Å².